The molecule has 7 heteroatoms. The van der Waals surface area contributed by atoms with Crippen molar-refractivity contribution in [3.8, 4) is 22.6 Å². The Morgan fingerprint density at radius 1 is 0.531 bits per heavy atom. The number of likely N-dealkylation sites (N-methyl/N-ethyl adjacent to an activating group) is 2. The number of rotatable bonds is 7. The van der Waals surface area contributed by atoms with Crippen molar-refractivity contribution >= 4 is 58.3 Å². The van der Waals surface area contributed by atoms with Gasteiger partial charge in [-0.3, -0.25) is 0 Å². The molecule has 49 heavy (non-hydrogen) atoms. The Kier molecular flexibility index (Phi) is 8.50. The molecular weight excluding hydrogens is 642 g/mol. The number of hydrogen-bond donors (Lipinski definition) is 0. The van der Waals surface area contributed by atoms with Crippen LogP contribution in [0.25, 0.3) is 11.1 Å². The van der Waals surface area contributed by atoms with Gasteiger partial charge in [-0.1, -0.05) is 127 Å². The molecule has 0 bridgehead atoms. The quantitative estimate of drug-likeness (QED) is 0.183. The predicted molar refractivity (Wildman–Crippen MR) is 208 cm³/mol. The normalized spacial score (nSPS) is 14.1. The molecule has 6 aromatic carbocycles. The van der Waals surface area contributed by atoms with E-state index in [1.54, 1.807) is 0 Å². The van der Waals surface area contributed by atoms with Gasteiger partial charge in [0.2, 0.25) is 0 Å². The van der Waals surface area contributed by atoms with E-state index in [2.05, 4.69) is 109 Å². The second-order valence-electron chi connectivity index (χ2n) is 12.4. The van der Waals surface area contributed by atoms with Gasteiger partial charge in [0.05, 0.1) is 24.5 Å². The summed E-state index contributed by atoms with van der Waals surface area (Å²) in [6, 6.07) is 50.0. The third-order valence-corrected chi connectivity index (χ3v) is 15.1. The van der Waals surface area contributed by atoms with E-state index in [9.17, 15) is 0 Å². The summed E-state index contributed by atoms with van der Waals surface area (Å²) >= 11 is 0. The maximum Gasteiger partial charge on any atom is 0.171 e. The maximum atomic E-state index is 16.3. The van der Waals surface area contributed by atoms with Crippen molar-refractivity contribution in [2.75, 3.05) is 50.2 Å². The van der Waals surface area contributed by atoms with E-state index < -0.39 is 15.1 Å². The van der Waals surface area contributed by atoms with Crippen LogP contribution in [0, 0.1) is 0 Å². The molecule has 2 heterocycles. The lowest BCUT2D eigenvalue weighted by Crippen LogP contribution is -2.34. The summed E-state index contributed by atoms with van der Waals surface area (Å²) in [5.41, 5.74) is 3.80. The SMILES string of the molecule is CN1CCOc2c1ccc(P(c1ccccc1)c1ccccc1)c2-c1c(P(=O)(c2ccccc2)c2ccccc2)ccc2c1OCCN2C. The number of anilines is 2. The second-order valence-corrected chi connectivity index (χ2v) is 17.4. The number of nitrogens with zero attached hydrogens (tertiary/aromatic N) is 2. The Labute approximate surface area is 289 Å². The minimum atomic E-state index is -3.45. The van der Waals surface area contributed by atoms with E-state index in [-0.39, 0.29) is 0 Å². The van der Waals surface area contributed by atoms with E-state index in [1.807, 2.05) is 60.7 Å². The van der Waals surface area contributed by atoms with Crippen LogP contribution in [0.2, 0.25) is 0 Å². The molecule has 0 saturated carbocycles. The molecule has 0 aliphatic carbocycles. The molecular formula is C42H38N2O3P2. The van der Waals surface area contributed by atoms with Crippen LogP contribution in [-0.4, -0.2) is 40.4 Å². The summed E-state index contributed by atoms with van der Waals surface area (Å²) in [6.45, 7) is 2.62. The van der Waals surface area contributed by atoms with Crippen LogP contribution >= 0.6 is 15.1 Å². The summed E-state index contributed by atoms with van der Waals surface area (Å²) in [5, 5.41) is 5.91. The Balaban J connectivity index is 1.54. The molecule has 0 fully saturated rings. The second kappa shape index (κ2) is 13.2. The molecule has 8 rings (SSSR count). The van der Waals surface area contributed by atoms with Crippen molar-refractivity contribution in [3.05, 3.63) is 146 Å². The van der Waals surface area contributed by atoms with Crippen molar-refractivity contribution in [1.29, 1.82) is 0 Å². The molecule has 0 N–H and O–H groups in total. The van der Waals surface area contributed by atoms with Crippen molar-refractivity contribution in [2.24, 2.45) is 0 Å². The first-order valence-electron chi connectivity index (χ1n) is 16.7. The highest BCUT2D eigenvalue weighted by Gasteiger charge is 2.39. The fourth-order valence-electron chi connectivity index (χ4n) is 7.04. The first kappa shape index (κ1) is 31.4. The third-order valence-electron chi connectivity index (χ3n) is 9.50. The molecule has 6 aromatic rings. The number of fused-ring (bicyclic) bond motifs is 2. The highest BCUT2D eigenvalue weighted by molar-refractivity contribution is 7.85. The van der Waals surface area contributed by atoms with Gasteiger partial charge in [0.25, 0.3) is 0 Å². The summed E-state index contributed by atoms with van der Waals surface area (Å²) in [5.74, 6) is 1.56. The standard InChI is InChI=1S/C42H38N2O3P2/c1-43-27-29-46-41-35(43)23-25-37(48(31-15-7-3-8-16-31)32-17-9-4-10-18-32)39(41)40-38(26-24-36-42(40)47-30-28-44(36)2)49(45,33-19-11-5-12-20-33)34-21-13-6-14-22-34/h3-26H,27-30H2,1-2H3. The van der Waals surface area contributed by atoms with Crippen LogP contribution in [0.4, 0.5) is 11.4 Å². The fourth-order valence-corrected chi connectivity index (χ4v) is 12.3. The minimum absolute atomic E-state index is 0.526. The maximum absolute atomic E-state index is 16.3. The van der Waals surface area contributed by atoms with Crippen LogP contribution in [0.15, 0.2) is 146 Å². The Morgan fingerprint density at radius 2 is 0.959 bits per heavy atom. The van der Waals surface area contributed by atoms with Crippen molar-refractivity contribution in [3.63, 3.8) is 0 Å². The molecule has 0 atom stereocenters. The van der Waals surface area contributed by atoms with Gasteiger partial charge in [-0.25, -0.2) is 0 Å². The van der Waals surface area contributed by atoms with E-state index in [0.717, 1.165) is 68.3 Å². The molecule has 0 saturated heterocycles. The molecule has 0 radical (unpaired) electrons. The van der Waals surface area contributed by atoms with Gasteiger partial charge < -0.3 is 23.8 Å². The topological polar surface area (TPSA) is 42.0 Å². The zero-order valence-electron chi connectivity index (χ0n) is 27.7. The van der Waals surface area contributed by atoms with Gasteiger partial charge >= 0.3 is 0 Å². The summed E-state index contributed by atoms with van der Waals surface area (Å²) in [4.78, 5) is 4.50. The lowest BCUT2D eigenvalue weighted by atomic mass is 9.99. The van der Waals surface area contributed by atoms with Gasteiger partial charge in [-0.2, -0.15) is 0 Å². The smallest absolute Gasteiger partial charge is 0.171 e. The molecule has 244 valence electrons. The monoisotopic (exact) mass is 680 g/mol. The Bertz CT molecular complexity index is 2060. The Morgan fingerprint density at radius 3 is 1.45 bits per heavy atom. The summed E-state index contributed by atoms with van der Waals surface area (Å²) in [7, 11) is -0.290. The van der Waals surface area contributed by atoms with Gasteiger partial charge in [0.1, 0.15) is 13.2 Å². The van der Waals surface area contributed by atoms with Crippen LogP contribution in [0.5, 0.6) is 11.5 Å². The van der Waals surface area contributed by atoms with Crippen LogP contribution in [0.1, 0.15) is 0 Å². The summed E-state index contributed by atoms with van der Waals surface area (Å²) < 4.78 is 29.8. The number of ether oxygens (including phenoxy) is 2. The van der Waals surface area contributed by atoms with Gasteiger partial charge in [-0.05, 0) is 42.0 Å². The number of hydrogen-bond acceptors (Lipinski definition) is 5. The largest absolute Gasteiger partial charge is 0.489 e. The first-order chi connectivity index (χ1) is 24.1. The molecule has 5 nitrogen and oxygen atoms in total. The van der Waals surface area contributed by atoms with Gasteiger partial charge in [0.15, 0.2) is 18.6 Å². The first-order valence-corrected chi connectivity index (χ1v) is 19.7. The molecule has 0 aromatic heterocycles. The lowest BCUT2D eigenvalue weighted by molar-refractivity contribution is 0.308. The van der Waals surface area contributed by atoms with E-state index in [0.29, 0.717) is 13.2 Å². The zero-order chi connectivity index (χ0) is 33.4. The van der Waals surface area contributed by atoms with E-state index in [4.69, 9.17) is 9.47 Å². The van der Waals surface area contributed by atoms with Gasteiger partial charge in [-0.15, -0.1) is 0 Å². The molecule has 2 aliphatic rings. The highest BCUT2D eigenvalue weighted by Crippen LogP contribution is 2.54. The molecule has 0 unspecified atom stereocenters. The van der Waals surface area contributed by atoms with Gasteiger partial charge in [0, 0.05) is 41.1 Å². The summed E-state index contributed by atoms with van der Waals surface area (Å²) in [6.07, 6.45) is 0. The molecule has 0 amide bonds. The lowest BCUT2D eigenvalue weighted by Gasteiger charge is -2.36. The van der Waals surface area contributed by atoms with Crippen molar-refractivity contribution < 1.29 is 14.0 Å². The van der Waals surface area contributed by atoms with E-state index in [1.165, 1.54) is 10.6 Å². The van der Waals surface area contributed by atoms with E-state index >= 15 is 4.57 Å². The Hall–Kier alpha value is -4.82. The average Bonchev–Trinajstić information content (AvgIpc) is 3.16. The zero-order valence-corrected chi connectivity index (χ0v) is 29.5. The van der Waals surface area contributed by atoms with Crippen LogP contribution < -0.4 is 51.1 Å². The highest BCUT2D eigenvalue weighted by atomic mass is 31.2. The van der Waals surface area contributed by atoms with Crippen molar-refractivity contribution in [1.82, 2.24) is 0 Å². The average molecular weight is 681 g/mol. The number of benzene rings is 6. The third kappa shape index (κ3) is 5.52. The minimum Gasteiger partial charge on any atom is -0.489 e. The fraction of sp³-hybridized carbons (Fsp3) is 0.143. The molecule has 2 aliphatic heterocycles. The van der Waals surface area contributed by atoms with Crippen LogP contribution in [0.3, 0.4) is 0 Å². The predicted octanol–water partition coefficient (Wildman–Crippen LogP) is 6.41. The molecule has 0 spiro atoms. The van der Waals surface area contributed by atoms with Crippen molar-refractivity contribution in [2.45, 2.75) is 0 Å². The van der Waals surface area contributed by atoms with Crippen LogP contribution in [-0.2, 0) is 4.57 Å².